The predicted molar refractivity (Wildman–Crippen MR) is 79.9 cm³/mol. The first kappa shape index (κ1) is 12.5. The highest BCUT2D eigenvalue weighted by Crippen LogP contribution is 2.50. The molecule has 0 aliphatic heterocycles. The second-order valence-corrected chi connectivity index (χ2v) is 6.30. The van der Waals surface area contributed by atoms with Gasteiger partial charge in [-0.05, 0) is 31.6 Å². The first-order valence-electron chi connectivity index (χ1n) is 6.78. The molecule has 2 fully saturated rings. The van der Waals surface area contributed by atoms with Gasteiger partial charge >= 0.3 is 0 Å². The molecule has 0 bridgehead atoms. The van der Waals surface area contributed by atoms with Gasteiger partial charge in [0.15, 0.2) is 0 Å². The molecule has 2 saturated carbocycles. The molecule has 0 unspecified atom stereocenters. The predicted octanol–water partition coefficient (Wildman–Crippen LogP) is 2.70. The molecule has 3 rings (SSSR count). The van der Waals surface area contributed by atoms with E-state index in [2.05, 4.69) is 17.2 Å². The lowest BCUT2D eigenvalue weighted by Crippen LogP contribution is -2.25. The quantitative estimate of drug-likeness (QED) is 0.700. The smallest absolute Gasteiger partial charge is 0.263 e. The first-order chi connectivity index (χ1) is 9.20. The van der Waals surface area contributed by atoms with Gasteiger partial charge in [-0.3, -0.25) is 4.79 Å². The molecule has 0 radical (unpaired) electrons. The van der Waals surface area contributed by atoms with Gasteiger partial charge in [0, 0.05) is 18.2 Å². The van der Waals surface area contributed by atoms with Crippen molar-refractivity contribution in [1.82, 2.24) is 5.32 Å². The van der Waals surface area contributed by atoms with Gasteiger partial charge in [-0.2, -0.15) is 0 Å². The number of rotatable bonds is 6. The molecule has 5 heteroatoms. The van der Waals surface area contributed by atoms with Crippen LogP contribution in [-0.2, 0) is 0 Å². The summed E-state index contributed by atoms with van der Waals surface area (Å²) in [4.78, 5) is 12.8. The summed E-state index contributed by atoms with van der Waals surface area (Å²) >= 11 is 1.48. The summed E-state index contributed by atoms with van der Waals surface area (Å²) < 4.78 is 0. The summed E-state index contributed by atoms with van der Waals surface area (Å²) in [7, 11) is 0. The van der Waals surface area contributed by atoms with E-state index < -0.39 is 0 Å². The number of nitrogens with one attached hydrogen (secondary N) is 2. The fourth-order valence-corrected chi connectivity index (χ4v) is 3.30. The third-order valence-electron chi connectivity index (χ3n) is 3.49. The Hall–Kier alpha value is -1.49. The van der Waals surface area contributed by atoms with Crippen molar-refractivity contribution in [3.05, 3.63) is 23.1 Å². The lowest BCUT2D eigenvalue weighted by molar-refractivity contribution is 0.0956. The van der Waals surface area contributed by atoms with Crippen molar-refractivity contribution in [3.63, 3.8) is 0 Å². The topological polar surface area (TPSA) is 67.2 Å². The van der Waals surface area contributed by atoms with E-state index >= 15 is 0 Å². The van der Waals surface area contributed by atoms with Crippen molar-refractivity contribution in [3.8, 4) is 0 Å². The zero-order valence-corrected chi connectivity index (χ0v) is 11.7. The van der Waals surface area contributed by atoms with E-state index in [0.29, 0.717) is 29.1 Å². The zero-order valence-electron chi connectivity index (χ0n) is 10.9. The minimum atomic E-state index is -0.0152. The summed E-state index contributed by atoms with van der Waals surface area (Å²) in [5, 5.41) is 7.36. The average molecular weight is 277 g/mol. The van der Waals surface area contributed by atoms with Crippen molar-refractivity contribution in [2.24, 2.45) is 0 Å². The monoisotopic (exact) mass is 277 g/mol. The van der Waals surface area contributed by atoms with Crippen molar-refractivity contribution < 1.29 is 4.79 Å². The number of carbonyl (C=O) groups excluding carboxylic acids is 1. The Labute approximate surface area is 117 Å². The molecule has 2 aliphatic carbocycles. The van der Waals surface area contributed by atoms with Gasteiger partial charge in [0.1, 0.15) is 4.88 Å². The SMILES string of the molecule is C=CCNc1sc(C(=O)NC2CC2)c(N)c1C1CC1. The van der Waals surface area contributed by atoms with Crippen LogP contribution in [0, 0.1) is 0 Å². The van der Waals surface area contributed by atoms with E-state index in [1.54, 1.807) is 0 Å². The van der Waals surface area contributed by atoms with Crippen molar-refractivity contribution >= 4 is 27.9 Å². The van der Waals surface area contributed by atoms with E-state index in [0.717, 1.165) is 23.4 Å². The summed E-state index contributed by atoms with van der Waals surface area (Å²) in [6.07, 6.45) is 6.35. The van der Waals surface area contributed by atoms with Gasteiger partial charge in [0.25, 0.3) is 5.91 Å². The second kappa shape index (κ2) is 4.89. The summed E-state index contributed by atoms with van der Waals surface area (Å²) in [6, 6.07) is 0.364. The third kappa shape index (κ3) is 2.61. The molecule has 4 nitrogen and oxygen atoms in total. The van der Waals surface area contributed by atoms with Crippen LogP contribution in [0.5, 0.6) is 0 Å². The second-order valence-electron chi connectivity index (χ2n) is 5.28. The van der Waals surface area contributed by atoms with Crippen LogP contribution in [0.2, 0.25) is 0 Å². The van der Waals surface area contributed by atoms with Crippen LogP contribution in [0.3, 0.4) is 0 Å². The lowest BCUT2D eigenvalue weighted by Gasteiger charge is -2.04. The number of carbonyl (C=O) groups is 1. The number of hydrogen-bond acceptors (Lipinski definition) is 4. The van der Waals surface area contributed by atoms with E-state index in [4.69, 9.17) is 5.73 Å². The molecular formula is C14H19N3OS. The van der Waals surface area contributed by atoms with Crippen molar-refractivity contribution in [2.75, 3.05) is 17.6 Å². The molecule has 1 heterocycles. The maximum atomic E-state index is 12.2. The molecule has 2 aliphatic rings. The highest BCUT2D eigenvalue weighted by molar-refractivity contribution is 7.18. The van der Waals surface area contributed by atoms with E-state index in [1.807, 2.05) is 6.08 Å². The molecule has 1 amide bonds. The molecule has 0 aromatic carbocycles. The summed E-state index contributed by atoms with van der Waals surface area (Å²) in [6.45, 7) is 4.41. The fraction of sp³-hybridized carbons (Fsp3) is 0.500. The average Bonchev–Trinajstić information content (AvgIpc) is 3.28. The third-order valence-corrected chi connectivity index (χ3v) is 4.67. The van der Waals surface area contributed by atoms with Crippen molar-refractivity contribution in [1.29, 1.82) is 0 Å². The van der Waals surface area contributed by atoms with Crippen LogP contribution in [0.4, 0.5) is 10.7 Å². The number of nitrogen functional groups attached to an aromatic ring is 1. The van der Waals surface area contributed by atoms with E-state index in [-0.39, 0.29) is 5.91 Å². The molecule has 102 valence electrons. The number of hydrogen-bond donors (Lipinski definition) is 3. The maximum absolute atomic E-state index is 12.2. The molecule has 19 heavy (non-hydrogen) atoms. The Morgan fingerprint density at radius 1 is 1.42 bits per heavy atom. The van der Waals surface area contributed by atoms with Gasteiger partial charge in [0.2, 0.25) is 0 Å². The zero-order chi connectivity index (χ0) is 13.4. The van der Waals surface area contributed by atoms with Crippen LogP contribution >= 0.6 is 11.3 Å². The largest absolute Gasteiger partial charge is 0.397 e. The normalized spacial score (nSPS) is 18.1. The Morgan fingerprint density at radius 3 is 2.74 bits per heavy atom. The molecule has 0 atom stereocenters. The first-order valence-corrected chi connectivity index (χ1v) is 7.60. The summed E-state index contributed by atoms with van der Waals surface area (Å²) in [5.74, 6) is 0.518. The number of nitrogens with two attached hydrogens (primary N) is 1. The number of thiophene rings is 1. The van der Waals surface area contributed by atoms with Gasteiger partial charge in [-0.15, -0.1) is 17.9 Å². The van der Waals surface area contributed by atoms with Crippen LogP contribution in [0.25, 0.3) is 0 Å². The standard InChI is InChI=1S/C14H19N3OS/c1-2-7-16-14-10(8-3-4-8)11(15)12(19-14)13(18)17-9-5-6-9/h2,8-9,16H,1,3-7,15H2,(H,17,18). The van der Waals surface area contributed by atoms with Crippen LogP contribution in [0.1, 0.15) is 46.8 Å². The lowest BCUT2D eigenvalue weighted by atomic mass is 10.1. The van der Waals surface area contributed by atoms with Gasteiger partial charge in [-0.25, -0.2) is 0 Å². The van der Waals surface area contributed by atoms with Crippen LogP contribution in [0.15, 0.2) is 12.7 Å². The fourth-order valence-electron chi connectivity index (χ4n) is 2.18. The Kier molecular flexibility index (Phi) is 3.22. The number of anilines is 2. The van der Waals surface area contributed by atoms with Crippen LogP contribution < -0.4 is 16.4 Å². The van der Waals surface area contributed by atoms with Crippen molar-refractivity contribution in [2.45, 2.75) is 37.6 Å². The van der Waals surface area contributed by atoms with E-state index in [1.165, 1.54) is 24.2 Å². The van der Waals surface area contributed by atoms with Gasteiger partial charge in [-0.1, -0.05) is 6.08 Å². The van der Waals surface area contributed by atoms with Gasteiger partial charge in [0.05, 0.1) is 10.7 Å². The van der Waals surface area contributed by atoms with Crippen LogP contribution in [-0.4, -0.2) is 18.5 Å². The Morgan fingerprint density at radius 2 is 2.16 bits per heavy atom. The molecule has 1 aromatic rings. The minimum Gasteiger partial charge on any atom is -0.397 e. The maximum Gasteiger partial charge on any atom is 0.263 e. The molecule has 1 aromatic heterocycles. The minimum absolute atomic E-state index is 0.0152. The van der Waals surface area contributed by atoms with Gasteiger partial charge < -0.3 is 16.4 Å². The molecule has 4 N–H and O–H groups in total. The highest BCUT2D eigenvalue weighted by Gasteiger charge is 2.33. The summed E-state index contributed by atoms with van der Waals surface area (Å²) in [5.41, 5.74) is 8.02. The Bertz CT molecular complexity index is 515. The Balaban J connectivity index is 1.86. The molecule has 0 saturated heterocycles. The highest BCUT2D eigenvalue weighted by atomic mass is 32.1. The van der Waals surface area contributed by atoms with E-state index in [9.17, 15) is 4.79 Å². The molecular weight excluding hydrogens is 258 g/mol. The molecule has 0 spiro atoms. The number of amides is 1.